The van der Waals surface area contributed by atoms with Crippen LogP contribution < -0.4 is 0 Å². The van der Waals surface area contributed by atoms with Gasteiger partial charge in [0.25, 0.3) is 0 Å². The van der Waals surface area contributed by atoms with Gasteiger partial charge in [0, 0.05) is 6.08 Å². The third-order valence-corrected chi connectivity index (χ3v) is 3.22. The van der Waals surface area contributed by atoms with Crippen LogP contribution in [0.15, 0.2) is 54.1 Å². The fourth-order valence-electron chi connectivity index (χ4n) is 2.06. The predicted molar refractivity (Wildman–Crippen MR) is 68.5 cm³/mol. The number of allylic oxidation sites excluding steroid dienone is 2. The van der Waals surface area contributed by atoms with E-state index in [-0.39, 0.29) is 0 Å². The van der Waals surface area contributed by atoms with Gasteiger partial charge in [0.15, 0.2) is 0 Å². The highest BCUT2D eigenvalue weighted by molar-refractivity contribution is 5.33. The third-order valence-electron chi connectivity index (χ3n) is 3.22. The van der Waals surface area contributed by atoms with Crippen LogP contribution in [0.2, 0.25) is 0 Å². The monoisotopic (exact) mass is 245 g/mol. The zero-order chi connectivity index (χ0) is 13.2. The number of nitrogens with zero attached hydrogens (tertiary/aromatic N) is 1. The second-order valence-electron chi connectivity index (χ2n) is 4.57. The molecule has 1 aromatic rings. The first-order valence-corrected chi connectivity index (χ1v) is 5.83. The molecule has 0 aliphatic heterocycles. The molecule has 1 aromatic carbocycles. The number of rotatable bonds is 3. The first kappa shape index (κ1) is 12.5. The van der Waals surface area contributed by atoms with Crippen LogP contribution in [0.3, 0.4) is 0 Å². The number of nitro groups is 1. The Morgan fingerprint density at radius 2 is 2.06 bits per heavy atom. The predicted octanol–water partition coefficient (Wildman–Crippen LogP) is 2.33. The number of hydrogen-bond acceptors (Lipinski definition) is 3. The number of aliphatic hydroxyl groups is 1. The normalized spacial score (nSPS) is 26.8. The molecule has 0 saturated heterocycles. The van der Waals surface area contributed by atoms with Crippen LogP contribution in [0.1, 0.15) is 12.5 Å². The van der Waals surface area contributed by atoms with E-state index in [4.69, 9.17) is 0 Å². The van der Waals surface area contributed by atoms with Crippen molar-refractivity contribution in [2.45, 2.75) is 19.1 Å². The van der Waals surface area contributed by atoms with E-state index in [9.17, 15) is 15.2 Å². The highest BCUT2D eigenvalue weighted by atomic mass is 16.7. The van der Waals surface area contributed by atoms with E-state index in [2.05, 4.69) is 0 Å². The standard InChI is InChI=1S/C14H15NO3/c1-11-9-13(7-8-14(11,16)15(17)18)10-12-5-3-2-4-6-12/h2-9,11,16H,10H2,1H3. The Labute approximate surface area is 105 Å². The molecule has 4 heteroatoms. The molecule has 0 amide bonds. The Hall–Kier alpha value is -1.94. The molecule has 0 radical (unpaired) electrons. The van der Waals surface area contributed by atoms with Crippen molar-refractivity contribution in [3.05, 3.63) is 69.8 Å². The van der Waals surface area contributed by atoms with Gasteiger partial charge in [-0.05, 0) is 24.5 Å². The molecule has 0 fully saturated rings. The van der Waals surface area contributed by atoms with Crippen LogP contribution in [0.25, 0.3) is 0 Å². The quantitative estimate of drug-likeness (QED) is 0.505. The molecule has 2 atom stereocenters. The first-order chi connectivity index (χ1) is 8.52. The van der Waals surface area contributed by atoms with Crippen LogP contribution in [-0.2, 0) is 6.42 Å². The van der Waals surface area contributed by atoms with Crippen molar-refractivity contribution in [1.82, 2.24) is 0 Å². The maximum atomic E-state index is 10.8. The molecule has 1 N–H and O–H groups in total. The van der Waals surface area contributed by atoms with E-state index < -0.39 is 16.6 Å². The van der Waals surface area contributed by atoms with E-state index in [0.717, 1.165) is 17.6 Å². The van der Waals surface area contributed by atoms with Crippen molar-refractivity contribution in [2.24, 2.45) is 5.92 Å². The lowest BCUT2D eigenvalue weighted by Crippen LogP contribution is -2.43. The Morgan fingerprint density at radius 1 is 1.39 bits per heavy atom. The van der Waals surface area contributed by atoms with Crippen molar-refractivity contribution in [1.29, 1.82) is 0 Å². The minimum Gasteiger partial charge on any atom is -0.327 e. The summed E-state index contributed by atoms with van der Waals surface area (Å²) in [6.45, 7) is 1.65. The van der Waals surface area contributed by atoms with Gasteiger partial charge in [0.05, 0.1) is 10.8 Å². The van der Waals surface area contributed by atoms with Crippen LogP contribution in [0.4, 0.5) is 0 Å². The van der Waals surface area contributed by atoms with Gasteiger partial charge in [0.2, 0.25) is 0 Å². The molecule has 4 nitrogen and oxygen atoms in total. The summed E-state index contributed by atoms with van der Waals surface area (Å²) < 4.78 is 0. The van der Waals surface area contributed by atoms with Crippen molar-refractivity contribution < 1.29 is 10.0 Å². The molecule has 0 heterocycles. The van der Waals surface area contributed by atoms with Crippen LogP contribution in [0, 0.1) is 16.0 Å². The molecule has 2 unspecified atom stereocenters. The van der Waals surface area contributed by atoms with Gasteiger partial charge in [-0.3, -0.25) is 10.1 Å². The summed E-state index contributed by atoms with van der Waals surface area (Å²) in [7, 11) is 0. The first-order valence-electron chi connectivity index (χ1n) is 5.83. The molecule has 0 bridgehead atoms. The second-order valence-corrected chi connectivity index (χ2v) is 4.57. The number of benzene rings is 1. The summed E-state index contributed by atoms with van der Waals surface area (Å²) in [5, 5.41) is 20.7. The lowest BCUT2D eigenvalue weighted by molar-refractivity contribution is -0.616. The molecular formula is C14H15NO3. The van der Waals surface area contributed by atoms with E-state index in [0.29, 0.717) is 0 Å². The van der Waals surface area contributed by atoms with Gasteiger partial charge in [0.1, 0.15) is 0 Å². The maximum Gasteiger partial charge on any atom is 0.348 e. The van der Waals surface area contributed by atoms with Crippen molar-refractivity contribution in [3.8, 4) is 0 Å². The lowest BCUT2D eigenvalue weighted by Gasteiger charge is -2.24. The lowest BCUT2D eigenvalue weighted by atomic mass is 9.88. The largest absolute Gasteiger partial charge is 0.348 e. The zero-order valence-electron chi connectivity index (χ0n) is 10.1. The molecule has 94 valence electrons. The fraction of sp³-hybridized carbons (Fsp3) is 0.286. The molecular weight excluding hydrogens is 230 g/mol. The summed E-state index contributed by atoms with van der Waals surface area (Å²) in [6.07, 6.45) is 5.39. The molecule has 0 saturated carbocycles. The molecule has 1 aliphatic rings. The van der Waals surface area contributed by atoms with Gasteiger partial charge in [-0.2, -0.15) is 0 Å². The van der Waals surface area contributed by atoms with Gasteiger partial charge in [-0.1, -0.05) is 42.5 Å². The SMILES string of the molecule is CC1C=C(Cc2ccccc2)C=CC1(O)[N+](=O)[O-]. The van der Waals surface area contributed by atoms with Crippen molar-refractivity contribution >= 4 is 0 Å². The van der Waals surface area contributed by atoms with Gasteiger partial charge >= 0.3 is 5.72 Å². The van der Waals surface area contributed by atoms with Crippen molar-refractivity contribution in [3.63, 3.8) is 0 Å². The maximum absolute atomic E-state index is 10.8. The van der Waals surface area contributed by atoms with Crippen LogP contribution >= 0.6 is 0 Å². The van der Waals surface area contributed by atoms with Gasteiger partial charge in [-0.25, -0.2) is 0 Å². The minimum atomic E-state index is -1.97. The Balaban J connectivity index is 2.16. The Morgan fingerprint density at radius 3 is 2.61 bits per heavy atom. The molecule has 1 aliphatic carbocycles. The zero-order valence-corrected chi connectivity index (χ0v) is 10.1. The summed E-state index contributed by atoms with van der Waals surface area (Å²) in [5.74, 6) is -0.531. The number of hydrogen-bond donors (Lipinski definition) is 1. The molecule has 18 heavy (non-hydrogen) atoms. The average Bonchev–Trinajstić information content (AvgIpc) is 2.35. The van der Waals surface area contributed by atoms with Gasteiger partial charge < -0.3 is 5.11 Å². The average molecular weight is 245 g/mol. The van der Waals surface area contributed by atoms with E-state index >= 15 is 0 Å². The highest BCUT2D eigenvalue weighted by Crippen LogP contribution is 2.28. The third kappa shape index (κ3) is 2.33. The molecule has 0 spiro atoms. The molecule has 2 rings (SSSR count). The summed E-state index contributed by atoms with van der Waals surface area (Å²) in [4.78, 5) is 10.2. The fourth-order valence-corrected chi connectivity index (χ4v) is 2.06. The van der Waals surface area contributed by atoms with Crippen LogP contribution in [-0.4, -0.2) is 15.8 Å². The topological polar surface area (TPSA) is 63.4 Å². The summed E-state index contributed by atoms with van der Waals surface area (Å²) in [5.41, 5.74) is 0.160. The summed E-state index contributed by atoms with van der Waals surface area (Å²) >= 11 is 0. The molecule has 0 aromatic heterocycles. The Kier molecular flexibility index (Phi) is 3.30. The summed E-state index contributed by atoms with van der Waals surface area (Å²) in [6, 6.07) is 9.88. The van der Waals surface area contributed by atoms with Crippen molar-refractivity contribution in [2.75, 3.05) is 0 Å². The highest BCUT2D eigenvalue weighted by Gasteiger charge is 2.44. The van der Waals surface area contributed by atoms with E-state index in [1.165, 1.54) is 6.08 Å². The second kappa shape index (κ2) is 4.74. The van der Waals surface area contributed by atoms with Gasteiger partial charge in [-0.15, -0.1) is 0 Å². The van der Waals surface area contributed by atoms with E-state index in [1.807, 2.05) is 30.3 Å². The van der Waals surface area contributed by atoms with Crippen LogP contribution in [0.5, 0.6) is 0 Å². The smallest absolute Gasteiger partial charge is 0.327 e. The Bertz CT molecular complexity index is 507. The van der Waals surface area contributed by atoms with E-state index in [1.54, 1.807) is 19.1 Å². The minimum absolute atomic E-state index is 0.531.